The van der Waals surface area contributed by atoms with Crippen LogP contribution in [0.1, 0.15) is 24.1 Å². The minimum absolute atomic E-state index is 0.124. The quantitative estimate of drug-likeness (QED) is 0.478. The molecule has 2 aromatic heterocycles. The Morgan fingerprint density at radius 1 is 1.31 bits per heavy atom. The van der Waals surface area contributed by atoms with Crippen molar-refractivity contribution >= 4 is 10.9 Å². The van der Waals surface area contributed by atoms with Crippen LogP contribution in [0.4, 0.5) is 0 Å². The van der Waals surface area contributed by atoms with Gasteiger partial charge in [-0.25, -0.2) is 0 Å². The summed E-state index contributed by atoms with van der Waals surface area (Å²) in [4.78, 5) is 17.3. The maximum atomic E-state index is 12.8. The topological polar surface area (TPSA) is 117 Å². The third kappa shape index (κ3) is 3.46. The third-order valence-corrected chi connectivity index (χ3v) is 5.31. The van der Waals surface area contributed by atoms with Crippen molar-refractivity contribution in [1.82, 2.24) is 14.9 Å². The molecule has 0 fully saturated rings. The fourth-order valence-corrected chi connectivity index (χ4v) is 3.72. The first-order valence-corrected chi connectivity index (χ1v) is 9.44. The van der Waals surface area contributed by atoms with Crippen LogP contribution in [0, 0.1) is 0 Å². The number of aryl methyl sites for hydroxylation is 1. The van der Waals surface area contributed by atoms with Gasteiger partial charge in [-0.15, -0.1) is 0 Å². The van der Waals surface area contributed by atoms with E-state index >= 15 is 0 Å². The van der Waals surface area contributed by atoms with E-state index in [-0.39, 0.29) is 23.4 Å². The normalized spacial score (nSPS) is 14.2. The number of aliphatic hydroxyl groups excluding tert-OH is 1. The monoisotopic (exact) mass is 397 g/mol. The molecule has 8 nitrogen and oxygen atoms in total. The predicted molar refractivity (Wildman–Crippen MR) is 108 cm³/mol. The smallest absolute Gasteiger partial charge is 0.259 e. The van der Waals surface area contributed by atoms with Gasteiger partial charge in [0.25, 0.3) is 5.56 Å². The fourth-order valence-electron chi connectivity index (χ4n) is 3.72. The Bertz CT molecular complexity index is 1140. The SMILES string of the molecule is CC(NCC(O)O)c1c(O)c2cc(-c3ccc4c(c3)CCO4)ncc2n(C)c1=O. The van der Waals surface area contributed by atoms with E-state index in [0.29, 0.717) is 23.2 Å². The second-order valence-corrected chi connectivity index (χ2v) is 7.24. The van der Waals surface area contributed by atoms with E-state index in [0.717, 1.165) is 23.3 Å². The number of aromatic nitrogens is 2. The number of fused-ring (bicyclic) bond motifs is 2. The highest BCUT2D eigenvalue weighted by Crippen LogP contribution is 2.34. The van der Waals surface area contributed by atoms with Crippen molar-refractivity contribution in [3.63, 3.8) is 0 Å². The summed E-state index contributed by atoms with van der Waals surface area (Å²) in [7, 11) is 1.62. The minimum atomic E-state index is -1.55. The maximum absolute atomic E-state index is 12.8. The zero-order valence-electron chi connectivity index (χ0n) is 16.2. The van der Waals surface area contributed by atoms with Gasteiger partial charge in [-0.3, -0.25) is 9.78 Å². The number of ether oxygens (including phenoxy) is 1. The first kappa shape index (κ1) is 19.4. The Morgan fingerprint density at radius 2 is 2.10 bits per heavy atom. The van der Waals surface area contributed by atoms with Crippen molar-refractivity contribution in [3.8, 4) is 22.8 Å². The summed E-state index contributed by atoms with van der Waals surface area (Å²) in [6.45, 7) is 2.23. The first-order chi connectivity index (χ1) is 13.9. The van der Waals surface area contributed by atoms with Crippen molar-refractivity contribution in [2.24, 2.45) is 7.05 Å². The van der Waals surface area contributed by atoms with Gasteiger partial charge in [0, 0.05) is 37.0 Å². The Morgan fingerprint density at radius 3 is 2.86 bits per heavy atom. The number of rotatable bonds is 5. The number of aliphatic hydroxyl groups is 2. The molecule has 0 saturated carbocycles. The molecule has 3 heterocycles. The number of benzene rings is 1. The number of aromatic hydroxyl groups is 1. The van der Waals surface area contributed by atoms with Crippen molar-refractivity contribution in [2.45, 2.75) is 25.7 Å². The fraction of sp³-hybridized carbons (Fsp3) is 0.333. The molecule has 0 bridgehead atoms. The summed E-state index contributed by atoms with van der Waals surface area (Å²) in [6.07, 6.45) is 0.874. The zero-order chi connectivity index (χ0) is 20.7. The standard InChI is InChI=1S/C21H23N3O5/c1-11(22-10-18(25)26)19-20(27)14-8-15(23-9-16(14)24(2)21(19)28)12-3-4-17-13(7-12)5-6-29-17/h3-4,7-9,11,18,22,25-27H,5-6,10H2,1-2H3. The third-order valence-electron chi connectivity index (χ3n) is 5.31. The second kappa shape index (κ2) is 7.47. The lowest BCUT2D eigenvalue weighted by atomic mass is 10.0. The zero-order valence-corrected chi connectivity index (χ0v) is 16.2. The number of nitrogens with one attached hydrogen (secondary N) is 1. The van der Waals surface area contributed by atoms with Gasteiger partial charge >= 0.3 is 0 Å². The molecule has 152 valence electrons. The number of nitrogens with zero attached hydrogens (tertiary/aromatic N) is 2. The second-order valence-electron chi connectivity index (χ2n) is 7.24. The summed E-state index contributed by atoms with van der Waals surface area (Å²) >= 11 is 0. The molecule has 1 atom stereocenters. The van der Waals surface area contributed by atoms with Gasteiger partial charge in [0.1, 0.15) is 11.5 Å². The molecule has 8 heteroatoms. The Balaban J connectivity index is 1.82. The summed E-state index contributed by atoms with van der Waals surface area (Å²) in [5.74, 6) is 0.747. The van der Waals surface area contributed by atoms with E-state index in [2.05, 4.69) is 10.3 Å². The highest BCUT2D eigenvalue weighted by molar-refractivity contribution is 5.89. The molecule has 0 spiro atoms. The number of hydrogen-bond donors (Lipinski definition) is 4. The van der Waals surface area contributed by atoms with Crippen molar-refractivity contribution in [2.75, 3.05) is 13.2 Å². The van der Waals surface area contributed by atoms with E-state index in [1.165, 1.54) is 4.57 Å². The van der Waals surface area contributed by atoms with Crippen LogP contribution in [-0.2, 0) is 13.5 Å². The van der Waals surface area contributed by atoms with E-state index in [1.807, 2.05) is 18.2 Å². The van der Waals surface area contributed by atoms with Crippen LogP contribution in [0.2, 0.25) is 0 Å². The molecule has 29 heavy (non-hydrogen) atoms. The Kier molecular flexibility index (Phi) is 4.99. The molecule has 0 radical (unpaired) electrons. The van der Waals surface area contributed by atoms with Gasteiger partial charge in [0.15, 0.2) is 6.29 Å². The summed E-state index contributed by atoms with van der Waals surface area (Å²) in [5.41, 5.74) is 3.01. The molecular formula is C21H23N3O5. The van der Waals surface area contributed by atoms with Crippen LogP contribution >= 0.6 is 0 Å². The lowest BCUT2D eigenvalue weighted by molar-refractivity contribution is -0.0387. The molecule has 0 saturated heterocycles. The lowest BCUT2D eigenvalue weighted by Gasteiger charge is -2.18. The van der Waals surface area contributed by atoms with Crippen LogP contribution in [0.25, 0.3) is 22.2 Å². The average molecular weight is 397 g/mol. The molecule has 0 aliphatic carbocycles. The first-order valence-electron chi connectivity index (χ1n) is 9.44. The molecule has 4 rings (SSSR count). The molecule has 3 aromatic rings. The molecular weight excluding hydrogens is 374 g/mol. The van der Waals surface area contributed by atoms with E-state index in [4.69, 9.17) is 14.9 Å². The Hall–Kier alpha value is -2.94. The molecule has 0 amide bonds. The van der Waals surface area contributed by atoms with Crippen LogP contribution < -0.4 is 15.6 Å². The molecule has 1 unspecified atom stereocenters. The maximum Gasteiger partial charge on any atom is 0.259 e. The van der Waals surface area contributed by atoms with Gasteiger partial charge in [0.05, 0.1) is 29.6 Å². The summed E-state index contributed by atoms with van der Waals surface area (Å²) in [5, 5.41) is 32.4. The van der Waals surface area contributed by atoms with Crippen LogP contribution in [0.3, 0.4) is 0 Å². The van der Waals surface area contributed by atoms with Crippen LogP contribution in [0.15, 0.2) is 35.3 Å². The van der Waals surface area contributed by atoms with Gasteiger partial charge in [-0.1, -0.05) is 0 Å². The highest BCUT2D eigenvalue weighted by Gasteiger charge is 2.21. The molecule has 1 aromatic carbocycles. The largest absolute Gasteiger partial charge is 0.507 e. The van der Waals surface area contributed by atoms with Crippen molar-refractivity contribution in [1.29, 1.82) is 0 Å². The summed E-state index contributed by atoms with van der Waals surface area (Å²) < 4.78 is 6.98. The van der Waals surface area contributed by atoms with E-state index < -0.39 is 12.3 Å². The minimum Gasteiger partial charge on any atom is -0.507 e. The molecule has 1 aliphatic rings. The van der Waals surface area contributed by atoms with E-state index in [9.17, 15) is 9.90 Å². The van der Waals surface area contributed by atoms with Crippen molar-refractivity contribution < 1.29 is 20.1 Å². The summed E-state index contributed by atoms with van der Waals surface area (Å²) in [6, 6.07) is 7.06. The van der Waals surface area contributed by atoms with E-state index in [1.54, 1.807) is 26.2 Å². The van der Waals surface area contributed by atoms with Gasteiger partial charge < -0.3 is 29.9 Å². The highest BCUT2D eigenvalue weighted by atomic mass is 16.5. The molecule has 4 N–H and O–H groups in total. The lowest BCUT2D eigenvalue weighted by Crippen LogP contribution is -2.33. The average Bonchev–Trinajstić information content (AvgIpc) is 3.18. The van der Waals surface area contributed by atoms with Crippen LogP contribution in [0.5, 0.6) is 11.5 Å². The van der Waals surface area contributed by atoms with Crippen LogP contribution in [-0.4, -0.2) is 44.3 Å². The van der Waals surface area contributed by atoms with Gasteiger partial charge in [-0.05, 0) is 36.8 Å². The number of hydrogen-bond acceptors (Lipinski definition) is 7. The van der Waals surface area contributed by atoms with Crippen molar-refractivity contribution in [3.05, 3.63) is 51.9 Å². The number of pyridine rings is 2. The Labute approximate surface area is 167 Å². The van der Waals surface area contributed by atoms with Gasteiger partial charge in [-0.2, -0.15) is 0 Å². The molecule has 1 aliphatic heterocycles. The van der Waals surface area contributed by atoms with Gasteiger partial charge in [0.2, 0.25) is 0 Å². The predicted octanol–water partition coefficient (Wildman–Crippen LogP) is 1.20.